The lowest BCUT2D eigenvalue weighted by Crippen LogP contribution is -2.27. The Morgan fingerprint density at radius 3 is 2.80 bits per heavy atom. The number of aliphatic carboxylic acids is 1. The normalized spacial score (nSPS) is 11.7. The highest BCUT2D eigenvalue weighted by atomic mass is 35.5. The van der Waals surface area contributed by atoms with Crippen LogP contribution in [0.4, 0.5) is 5.69 Å². The van der Waals surface area contributed by atoms with Crippen molar-refractivity contribution in [3.05, 3.63) is 33.1 Å². The number of carbonyl (C=O) groups excluding carboxylic acids is 1. The van der Waals surface area contributed by atoms with Crippen LogP contribution in [-0.4, -0.2) is 33.4 Å². The van der Waals surface area contributed by atoms with E-state index in [1.807, 2.05) is 0 Å². The van der Waals surface area contributed by atoms with Crippen LogP contribution < -0.4 is 5.32 Å². The second-order valence-electron chi connectivity index (χ2n) is 4.07. The summed E-state index contributed by atoms with van der Waals surface area (Å²) in [6.07, 6.45) is 1.19. The highest BCUT2D eigenvalue weighted by Crippen LogP contribution is 2.18. The van der Waals surface area contributed by atoms with E-state index in [0.29, 0.717) is 0 Å². The highest BCUT2D eigenvalue weighted by Gasteiger charge is 2.17. The van der Waals surface area contributed by atoms with E-state index < -0.39 is 22.7 Å². The van der Waals surface area contributed by atoms with Gasteiger partial charge in [-0.25, -0.2) is 4.98 Å². The number of carbonyl (C=O) groups is 2. The molecule has 8 nitrogen and oxygen atoms in total. The first-order chi connectivity index (χ1) is 9.32. The van der Waals surface area contributed by atoms with Gasteiger partial charge in [0.25, 0.3) is 11.6 Å². The first-order valence-corrected chi connectivity index (χ1v) is 6.01. The van der Waals surface area contributed by atoms with Gasteiger partial charge in [0.1, 0.15) is 11.3 Å². The van der Waals surface area contributed by atoms with E-state index in [1.165, 1.54) is 6.92 Å². The number of hydrogen-bond donors (Lipinski definition) is 2. The largest absolute Gasteiger partial charge is 0.481 e. The van der Waals surface area contributed by atoms with Crippen LogP contribution in [0, 0.1) is 16.0 Å². The van der Waals surface area contributed by atoms with Crippen molar-refractivity contribution in [3.8, 4) is 0 Å². The zero-order chi connectivity index (χ0) is 15.3. The summed E-state index contributed by atoms with van der Waals surface area (Å²) in [5, 5.41) is 21.6. The van der Waals surface area contributed by atoms with Crippen LogP contribution in [0.1, 0.15) is 23.7 Å². The third-order valence-electron chi connectivity index (χ3n) is 2.56. The van der Waals surface area contributed by atoms with Crippen molar-refractivity contribution in [2.75, 3.05) is 6.54 Å². The standard InChI is InChI=1S/C11H12ClN3O5/c1-6(11(17)18)2-3-13-10(16)8-4-7(15(19)20)5-14-9(8)12/h4-6H,2-3H2,1H3,(H,13,16)(H,17,18). The number of aromatic nitrogens is 1. The van der Waals surface area contributed by atoms with Crippen LogP contribution in [0.2, 0.25) is 5.15 Å². The van der Waals surface area contributed by atoms with Crippen LogP contribution in [0.25, 0.3) is 0 Å². The van der Waals surface area contributed by atoms with Gasteiger partial charge in [0.05, 0.1) is 16.4 Å². The second-order valence-corrected chi connectivity index (χ2v) is 4.43. The minimum atomic E-state index is -0.964. The van der Waals surface area contributed by atoms with Crippen molar-refractivity contribution in [3.63, 3.8) is 0 Å². The number of rotatable bonds is 6. The summed E-state index contributed by atoms with van der Waals surface area (Å²) in [6, 6.07) is 1.02. The summed E-state index contributed by atoms with van der Waals surface area (Å²) in [7, 11) is 0. The Hall–Kier alpha value is -2.22. The number of nitrogens with zero attached hydrogens (tertiary/aromatic N) is 2. The molecule has 2 N–H and O–H groups in total. The van der Waals surface area contributed by atoms with Crippen molar-refractivity contribution >= 4 is 29.2 Å². The third kappa shape index (κ3) is 4.16. The van der Waals surface area contributed by atoms with E-state index in [1.54, 1.807) is 0 Å². The van der Waals surface area contributed by atoms with E-state index in [9.17, 15) is 19.7 Å². The summed E-state index contributed by atoms with van der Waals surface area (Å²) in [4.78, 5) is 35.9. The smallest absolute Gasteiger partial charge is 0.306 e. The molecule has 0 fully saturated rings. The molecule has 0 spiro atoms. The Balaban J connectivity index is 2.70. The van der Waals surface area contributed by atoms with E-state index >= 15 is 0 Å². The predicted octanol–water partition coefficient (Wildman–Crippen LogP) is 1.48. The molecule has 0 radical (unpaired) electrons. The number of amides is 1. The number of nitro groups is 1. The van der Waals surface area contributed by atoms with Crippen LogP contribution in [0.5, 0.6) is 0 Å². The Morgan fingerprint density at radius 1 is 1.60 bits per heavy atom. The van der Waals surface area contributed by atoms with Gasteiger partial charge in [0.2, 0.25) is 0 Å². The maximum Gasteiger partial charge on any atom is 0.306 e. The molecule has 0 bridgehead atoms. The Labute approximate surface area is 118 Å². The molecule has 0 saturated heterocycles. The van der Waals surface area contributed by atoms with Gasteiger partial charge in [0, 0.05) is 12.6 Å². The van der Waals surface area contributed by atoms with Crippen molar-refractivity contribution in [1.82, 2.24) is 10.3 Å². The number of pyridine rings is 1. The molecular weight excluding hydrogens is 290 g/mol. The minimum Gasteiger partial charge on any atom is -0.481 e. The predicted molar refractivity (Wildman–Crippen MR) is 69.7 cm³/mol. The number of carboxylic acids is 1. The molecule has 1 unspecified atom stereocenters. The molecule has 1 atom stereocenters. The Kier molecular flexibility index (Phi) is 5.39. The van der Waals surface area contributed by atoms with Gasteiger partial charge in [-0.3, -0.25) is 19.7 Å². The Bertz CT molecular complexity index is 549. The molecule has 1 amide bonds. The first kappa shape index (κ1) is 15.8. The van der Waals surface area contributed by atoms with Crippen LogP contribution in [0.15, 0.2) is 12.3 Å². The molecule has 1 heterocycles. The van der Waals surface area contributed by atoms with Gasteiger partial charge in [-0.2, -0.15) is 0 Å². The fraction of sp³-hybridized carbons (Fsp3) is 0.364. The number of halogens is 1. The molecule has 0 aliphatic carbocycles. The molecule has 0 aliphatic heterocycles. The van der Waals surface area contributed by atoms with Crippen molar-refractivity contribution in [2.45, 2.75) is 13.3 Å². The quantitative estimate of drug-likeness (QED) is 0.466. The van der Waals surface area contributed by atoms with Gasteiger partial charge in [0.15, 0.2) is 0 Å². The number of carboxylic acid groups (broad SMARTS) is 1. The minimum absolute atomic E-state index is 0.116. The van der Waals surface area contributed by atoms with E-state index in [0.717, 1.165) is 12.3 Å². The van der Waals surface area contributed by atoms with Crippen LogP contribution in [-0.2, 0) is 4.79 Å². The molecular formula is C11H12ClN3O5. The molecule has 1 rings (SSSR count). The molecule has 1 aromatic heterocycles. The second kappa shape index (κ2) is 6.80. The lowest BCUT2D eigenvalue weighted by molar-refractivity contribution is -0.385. The number of hydrogen-bond acceptors (Lipinski definition) is 5. The van der Waals surface area contributed by atoms with Crippen molar-refractivity contribution in [2.24, 2.45) is 5.92 Å². The average molecular weight is 302 g/mol. The molecule has 1 aromatic rings. The summed E-state index contributed by atoms with van der Waals surface area (Å²) in [5.74, 6) is -2.20. The van der Waals surface area contributed by atoms with Gasteiger partial charge in [-0.05, 0) is 6.42 Å². The average Bonchev–Trinajstić information content (AvgIpc) is 2.38. The summed E-state index contributed by atoms with van der Waals surface area (Å²) >= 11 is 5.70. The maximum absolute atomic E-state index is 11.8. The fourth-order valence-electron chi connectivity index (χ4n) is 1.32. The maximum atomic E-state index is 11.8. The molecule has 9 heteroatoms. The number of nitrogens with one attached hydrogen (secondary N) is 1. The van der Waals surface area contributed by atoms with E-state index in [-0.39, 0.29) is 29.4 Å². The molecule has 0 aromatic carbocycles. The van der Waals surface area contributed by atoms with Gasteiger partial charge in [-0.15, -0.1) is 0 Å². The Morgan fingerprint density at radius 2 is 2.25 bits per heavy atom. The zero-order valence-electron chi connectivity index (χ0n) is 10.5. The first-order valence-electron chi connectivity index (χ1n) is 5.64. The monoisotopic (exact) mass is 301 g/mol. The molecule has 0 aliphatic rings. The fourth-order valence-corrected chi connectivity index (χ4v) is 1.51. The lowest BCUT2D eigenvalue weighted by Gasteiger charge is -2.08. The van der Waals surface area contributed by atoms with Crippen molar-refractivity contribution in [1.29, 1.82) is 0 Å². The van der Waals surface area contributed by atoms with Crippen LogP contribution >= 0.6 is 11.6 Å². The molecule has 20 heavy (non-hydrogen) atoms. The molecule has 0 saturated carbocycles. The summed E-state index contributed by atoms with van der Waals surface area (Å²) < 4.78 is 0. The van der Waals surface area contributed by atoms with Crippen LogP contribution in [0.3, 0.4) is 0 Å². The molecule has 108 valence electrons. The lowest BCUT2D eigenvalue weighted by atomic mass is 10.1. The van der Waals surface area contributed by atoms with Crippen molar-refractivity contribution < 1.29 is 19.6 Å². The van der Waals surface area contributed by atoms with Gasteiger partial charge >= 0.3 is 5.97 Å². The summed E-state index contributed by atoms with van der Waals surface area (Å²) in [5.41, 5.74) is -0.470. The van der Waals surface area contributed by atoms with E-state index in [2.05, 4.69) is 10.3 Å². The van der Waals surface area contributed by atoms with E-state index in [4.69, 9.17) is 16.7 Å². The summed E-state index contributed by atoms with van der Waals surface area (Å²) in [6.45, 7) is 1.63. The van der Waals surface area contributed by atoms with Gasteiger partial charge < -0.3 is 10.4 Å². The van der Waals surface area contributed by atoms with Gasteiger partial charge in [-0.1, -0.05) is 18.5 Å². The SMILES string of the molecule is CC(CCNC(=O)c1cc([N+](=O)[O-])cnc1Cl)C(=O)O. The third-order valence-corrected chi connectivity index (χ3v) is 2.87. The highest BCUT2D eigenvalue weighted by molar-refractivity contribution is 6.32. The topological polar surface area (TPSA) is 122 Å². The zero-order valence-corrected chi connectivity index (χ0v) is 11.3.